The van der Waals surface area contributed by atoms with Crippen LogP contribution < -0.4 is 5.32 Å². The summed E-state index contributed by atoms with van der Waals surface area (Å²) >= 11 is 0. The molecule has 1 N–H and O–H groups in total. The van der Waals surface area contributed by atoms with E-state index in [-0.39, 0.29) is 12.2 Å². The van der Waals surface area contributed by atoms with Gasteiger partial charge in [-0.2, -0.15) is 0 Å². The highest BCUT2D eigenvalue weighted by atomic mass is 16.7. The number of nitrogens with one attached hydrogen (secondary N) is 1. The normalized spacial score (nSPS) is 30.4. The topological polar surface area (TPSA) is 39.7 Å². The molecule has 2 aliphatic heterocycles. The second-order valence-electron chi connectivity index (χ2n) is 5.55. The molecule has 4 nitrogen and oxygen atoms in total. The van der Waals surface area contributed by atoms with Gasteiger partial charge in [-0.3, -0.25) is 0 Å². The van der Waals surface area contributed by atoms with E-state index in [0.29, 0.717) is 6.61 Å². The number of ether oxygens (including phenoxy) is 3. The molecule has 2 heterocycles. The molecule has 3 rings (SSSR count). The van der Waals surface area contributed by atoms with Crippen LogP contribution in [-0.2, 0) is 14.2 Å². The Morgan fingerprint density at radius 1 is 1.21 bits per heavy atom. The molecular weight excluding hydrogens is 242 g/mol. The highest BCUT2D eigenvalue weighted by Gasteiger charge is 2.33. The highest BCUT2D eigenvalue weighted by molar-refractivity contribution is 5.28. The monoisotopic (exact) mass is 263 g/mol. The molecule has 2 atom stereocenters. The van der Waals surface area contributed by atoms with Gasteiger partial charge in [0.15, 0.2) is 5.79 Å². The largest absolute Gasteiger partial charge is 0.371 e. The van der Waals surface area contributed by atoms with Gasteiger partial charge in [0.1, 0.15) is 6.10 Å². The van der Waals surface area contributed by atoms with E-state index in [0.717, 1.165) is 25.3 Å². The van der Waals surface area contributed by atoms with Gasteiger partial charge in [-0.05, 0) is 25.0 Å². The Kier molecular flexibility index (Phi) is 3.58. The lowest BCUT2D eigenvalue weighted by Gasteiger charge is -2.24. The maximum atomic E-state index is 5.90. The molecule has 2 fully saturated rings. The molecule has 2 saturated heterocycles. The predicted octanol–water partition coefficient (Wildman–Crippen LogP) is 2.17. The molecule has 0 spiro atoms. The van der Waals surface area contributed by atoms with Gasteiger partial charge in [0.25, 0.3) is 0 Å². The molecule has 1 aromatic rings. The van der Waals surface area contributed by atoms with Gasteiger partial charge in [0, 0.05) is 13.1 Å². The Bertz CT molecular complexity index is 441. The molecule has 0 bridgehead atoms. The minimum absolute atomic E-state index is 0.0199. The summed E-state index contributed by atoms with van der Waals surface area (Å²) < 4.78 is 17.3. The van der Waals surface area contributed by atoms with Crippen LogP contribution in [0.5, 0.6) is 0 Å². The van der Waals surface area contributed by atoms with Crippen LogP contribution in [0, 0.1) is 0 Å². The van der Waals surface area contributed by atoms with Crippen molar-refractivity contribution in [1.29, 1.82) is 0 Å². The molecule has 1 aromatic carbocycles. The summed E-state index contributed by atoms with van der Waals surface area (Å²) in [5.41, 5.74) is 2.37. The average molecular weight is 263 g/mol. The fourth-order valence-corrected chi connectivity index (χ4v) is 2.59. The summed E-state index contributed by atoms with van der Waals surface area (Å²) in [6.07, 6.45) is 0.163. The zero-order valence-electron chi connectivity index (χ0n) is 11.5. The van der Waals surface area contributed by atoms with Gasteiger partial charge >= 0.3 is 0 Å². The van der Waals surface area contributed by atoms with Crippen molar-refractivity contribution >= 4 is 0 Å². The summed E-state index contributed by atoms with van der Waals surface area (Å²) in [6, 6.07) is 8.45. The van der Waals surface area contributed by atoms with Gasteiger partial charge in [0.2, 0.25) is 0 Å². The number of morpholine rings is 1. The number of hydrogen-bond donors (Lipinski definition) is 1. The van der Waals surface area contributed by atoms with E-state index < -0.39 is 5.79 Å². The number of hydrogen-bond acceptors (Lipinski definition) is 4. The second-order valence-corrected chi connectivity index (χ2v) is 5.55. The van der Waals surface area contributed by atoms with Crippen LogP contribution in [0.3, 0.4) is 0 Å². The standard InChI is InChI=1S/C15H21NO3/c1-15(2)18-10-14(19-15)12-5-3-4-11(8-12)13-9-16-6-7-17-13/h3-5,8,13-14,16H,6-7,9-10H2,1-2H3. The molecule has 0 radical (unpaired) electrons. The van der Waals surface area contributed by atoms with Crippen molar-refractivity contribution in [3.8, 4) is 0 Å². The molecule has 104 valence electrons. The van der Waals surface area contributed by atoms with Crippen molar-refractivity contribution in [1.82, 2.24) is 5.32 Å². The average Bonchev–Trinajstić information content (AvgIpc) is 2.80. The third-order valence-electron chi connectivity index (χ3n) is 3.59. The Hall–Kier alpha value is -0.940. The van der Waals surface area contributed by atoms with Crippen molar-refractivity contribution in [3.05, 3.63) is 35.4 Å². The Morgan fingerprint density at radius 2 is 2.00 bits per heavy atom. The van der Waals surface area contributed by atoms with Crippen molar-refractivity contribution in [2.75, 3.05) is 26.3 Å². The third kappa shape index (κ3) is 2.98. The van der Waals surface area contributed by atoms with E-state index >= 15 is 0 Å². The summed E-state index contributed by atoms with van der Waals surface area (Å²) in [4.78, 5) is 0. The van der Waals surface area contributed by atoms with Gasteiger partial charge in [-0.15, -0.1) is 0 Å². The van der Waals surface area contributed by atoms with Crippen LogP contribution >= 0.6 is 0 Å². The molecule has 0 saturated carbocycles. The molecule has 2 unspecified atom stereocenters. The molecular formula is C15H21NO3. The van der Waals surface area contributed by atoms with Crippen LogP contribution in [0.2, 0.25) is 0 Å². The molecule has 0 aromatic heterocycles. The van der Waals surface area contributed by atoms with Gasteiger partial charge < -0.3 is 19.5 Å². The Morgan fingerprint density at radius 3 is 2.63 bits per heavy atom. The predicted molar refractivity (Wildman–Crippen MR) is 71.9 cm³/mol. The molecule has 2 aliphatic rings. The Labute approximate surface area is 114 Å². The van der Waals surface area contributed by atoms with Crippen LogP contribution in [0.15, 0.2) is 24.3 Å². The van der Waals surface area contributed by atoms with Crippen molar-refractivity contribution in [3.63, 3.8) is 0 Å². The van der Waals surface area contributed by atoms with E-state index in [4.69, 9.17) is 14.2 Å². The van der Waals surface area contributed by atoms with E-state index in [9.17, 15) is 0 Å². The molecule has 19 heavy (non-hydrogen) atoms. The summed E-state index contributed by atoms with van der Waals surface area (Å²) in [5.74, 6) is -0.483. The third-order valence-corrected chi connectivity index (χ3v) is 3.59. The number of benzene rings is 1. The van der Waals surface area contributed by atoms with E-state index in [1.54, 1.807) is 0 Å². The summed E-state index contributed by atoms with van der Waals surface area (Å²) in [6.45, 7) is 7.09. The van der Waals surface area contributed by atoms with Crippen LogP contribution in [0.25, 0.3) is 0 Å². The highest BCUT2D eigenvalue weighted by Crippen LogP contribution is 2.33. The smallest absolute Gasteiger partial charge is 0.163 e. The number of rotatable bonds is 2. The fraction of sp³-hybridized carbons (Fsp3) is 0.600. The van der Waals surface area contributed by atoms with Crippen LogP contribution in [0.4, 0.5) is 0 Å². The lowest BCUT2D eigenvalue weighted by molar-refractivity contribution is -0.139. The summed E-state index contributed by atoms with van der Waals surface area (Å²) in [7, 11) is 0. The minimum atomic E-state index is -0.483. The van der Waals surface area contributed by atoms with Gasteiger partial charge in [0.05, 0.1) is 19.3 Å². The lowest BCUT2D eigenvalue weighted by atomic mass is 10.0. The maximum absolute atomic E-state index is 5.90. The van der Waals surface area contributed by atoms with E-state index in [1.165, 1.54) is 5.56 Å². The lowest BCUT2D eigenvalue weighted by Crippen LogP contribution is -2.33. The molecule has 4 heteroatoms. The minimum Gasteiger partial charge on any atom is -0.371 e. The summed E-state index contributed by atoms with van der Waals surface area (Å²) in [5, 5.41) is 3.35. The first-order valence-corrected chi connectivity index (χ1v) is 6.88. The maximum Gasteiger partial charge on any atom is 0.163 e. The molecule has 0 aliphatic carbocycles. The van der Waals surface area contributed by atoms with Crippen molar-refractivity contribution in [2.24, 2.45) is 0 Å². The first-order chi connectivity index (χ1) is 9.14. The Balaban J connectivity index is 1.76. The van der Waals surface area contributed by atoms with Gasteiger partial charge in [-0.25, -0.2) is 0 Å². The first kappa shape index (κ1) is 13.1. The van der Waals surface area contributed by atoms with E-state index in [2.05, 4.69) is 29.6 Å². The fourth-order valence-electron chi connectivity index (χ4n) is 2.59. The first-order valence-electron chi connectivity index (χ1n) is 6.88. The zero-order chi connectivity index (χ0) is 13.3. The zero-order valence-corrected chi connectivity index (χ0v) is 11.5. The van der Waals surface area contributed by atoms with Gasteiger partial charge in [-0.1, -0.05) is 24.3 Å². The van der Waals surface area contributed by atoms with Crippen molar-refractivity contribution in [2.45, 2.75) is 31.8 Å². The SMILES string of the molecule is CC1(C)OCC(c2cccc(C3CNCCO3)c2)O1. The second kappa shape index (κ2) is 5.21. The van der Waals surface area contributed by atoms with Crippen LogP contribution in [0.1, 0.15) is 37.2 Å². The van der Waals surface area contributed by atoms with E-state index in [1.807, 2.05) is 13.8 Å². The quantitative estimate of drug-likeness (QED) is 0.887. The van der Waals surface area contributed by atoms with Crippen molar-refractivity contribution < 1.29 is 14.2 Å². The van der Waals surface area contributed by atoms with Crippen LogP contribution in [-0.4, -0.2) is 32.1 Å². The molecule has 0 amide bonds.